The summed E-state index contributed by atoms with van der Waals surface area (Å²) in [5.41, 5.74) is 0.182. The van der Waals surface area contributed by atoms with Crippen LogP contribution in [-0.2, 0) is 9.53 Å². The maximum Gasteiger partial charge on any atom is 0.342 e. The number of rotatable bonds is 7. The molecule has 0 aliphatic rings. The average molecular weight is 347 g/mol. The van der Waals surface area contributed by atoms with E-state index in [-0.39, 0.29) is 17.4 Å². The van der Waals surface area contributed by atoms with Crippen molar-refractivity contribution in [3.8, 4) is 11.5 Å². The quantitative estimate of drug-likeness (QED) is 0.773. The summed E-state index contributed by atoms with van der Waals surface area (Å²) < 4.78 is 17.0. The van der Waals surface area contributed by atoms with Crippen molar-refractivity contribution in [1.82, 2.24) is 9.78 Å². The zero-order chi connectivity index (χ0) is 18.4. The van der Waals surface area contributed by atoms with Gasteiger partial charge in [-0.3, -0.25) is 4.79 Å². The average Bonchev–Trinajstić information content (AvgIpc) is 3.07. The Labute approximate surface area is 145 Å². The summed E-state index contributed by atoms with van der Waals surface area (Å²) in [7, 11) is 2.90. The highest BCUT2D eigenvalue weighted by molar-refractivity contribution is 5.97. The lowest BCUT2D eigenvalue weighted by molar-refractivity contribution is -0.119. The van der Waals surface area contributed by atoms with E-state index >= 15 is 0 Å². The van der Waals surface area contributed by atoms with Crippen molar-refractivity contribution in [3.63, 3.8) is 0 Å². The summed E-state index contributed by atoms with van der Waals surface area (Å²) in [4.78, 5) is 24.2. The summed E-state index contributed by atoms with van der Waals surface area (Å²) >= 11 is 0. The van der Waals surface area contributed by atoms with Crippen LogP contribution in [0.5, 0.6) is 11.5 Å². The largest absolute Gasteiger partial charge is 0.493 e. The SMILES string of the molecule is COc1cccc(C(=O)OCC(=O)Nc2ccnn2C(C)C)c1OC. The van der Waals surface area contributed by atoms with E-state index in [1.165, 1.54) is 20.3 Å². The minimum Gasteiger partial charge on any atom is -0.493 e. The first kappa shape index (κ1) is 18.3. The van der Waals surface area contributed by atoms with Crippen LogP contribution in [0.2, 0.25) is 0 Å². The third kappa shape index (κ3) is 4.28. The number of aromatic nitrogens is 2. The molecule has 0 saturated carbocycles. The van der Waals surface area contributed by atoms with E-state index in [1.54, 1.807) is 29.1 Å². The van der Waals surface area contributed by atoms with Crippen molar-refractivity contribution >= 4 is 17.7 Å². The number of hydrogen-bond acceptors (Lipinski definition) is 6. The lowest BCUT2D eigenvalue weighted by atomic mass is 10.2. The van der Waals surface area contributed by atoms with Crippen LogP contribution in [0.25, 0.3) is 0 Å². The molecule has 8 heteroatoms. The highest BCUT2D eigenvalue weighted by Crippen LogP contribution is 2.31. The van der Waals surface area contributed by atoms with Gasteiger partial charge in [0.15, 0.2) is 18.1 Å². The normalized spacial score (nSPS) is 10.4. The minimum atomic E-state index is -0.678. The molecule has 0 saturated heterocycles. The molecule has 2 aromatic rings. The highest BCUT2D eigenvalue weighted by Gasteiger charge is 2.19. The van der Waals surface area contributed by atoms with Gasteiger partial charge in [-0.1, -0.05) is 6.07 Å². The van der Waals surface area contributed by atoms with Crippen molar-refractivity contribution < 1.29 is 23.8 Å². The Morgan fingerprint density at radius 2 is 1.96 bits per heavy atom. The van der Waals surface area contributed by atoms with E-state index in [0.717, 1.165) is 0 Å². The number of carbonyl (C=O) groups is 2. The Balaban J connectivity index is 2.00. The number of esters is 1. The van der Waals surface area contributed by atoms with Crippen LogP contribution < -0.4 is 14.8 Å². The van der Waals surface area contributed by atoms with Gasteiger partial charge >= 0.3 is 5.97 Å². The number of benzene rings is 1. The van der Waals surface area contributed by atoms with E-state index < -0.39 is 18.5 Å². The number of amides is 1. The molecule has 0 bridgehead atoms. The number of carbonyl (C=O) groups excluding carboxylic acids is 2. The fraction of sp³-hybridized carbons (Fsp3) is 0.353. The van der Waals surface area contributed by atoms with Gasteiger partial charge < -0.3 is 19.5 Å². The number of hydrogen-bond donors (Lipinski definition) is 1. The molecule has 0 radical (unpaired) electrons. The van der Waals surface area contributed by atoms with Crippen molar-refractivity contribution in [2.24, 2.45) is 0 Å². The number of ether oxygens (including phenoxy) is 3. The van der Waals surface area contributed by atoms with Crippen molar-refractivity contribution in [3.05, 3.63) is 36.0 Å². The number of para-hydroxylation sites is 1. The van der Waals surface area contributed by atoms with Crippen LogP contribution in [0.1, 0.15) is 30.2 Å². The first-order valence-corrected chi connectivity index (χ1v) is 7.69. The summed E-state index contributed by atoms with van der Waals surface area (Å²) in [6.45, 7) is 3.46. The van der Waals surface area contributed by atoms with Crippen LogP contribution in [0.4, 0.5) is 5.82 Å². The molecule has 0 aliphatic carbocycles. The van der Waals surface area contributed by atoms with E-state index in [0.29, 0.717) is 11.6 Å². The van der Waals surface area contributed by atoms with Gasteiger partial charge in [0.2, 0.25) is 0 Å². The lowest BCUT2D eigenvalue weighted by Gasteiger charge is -2.13. The zero-order valence-corrected chi connectivity index (χ0v) is 14.6. The van der Waals surface area contributed by atoms with Crippen LogP contribution in [-0.4, -0.2) is 42.5 Å². The molecule has 1 heterocycles. The Hall–Kier alpha value is -3.03. The van der Waals surface area contributed by atoms with E-state index in [1.807, 2.05) is 13.8 Å². The molecule has 1 amide bonds. The smallest absolute Gasteiger partial charge is 0.342 e. The Kier molecular flexibility index (Phi) is 5.99. The topological polar surface area (TPSA) is 91.7 Å². The second-order valence-electron chi connectivity index (χ2n) is 5.42. The predicted molar refractivity (Wildman–Crippen MR) is 91.1 cm³/mol. The summed E-state index contributed by atoms with van der Waals surface area (Å²) in [5.74, 6) is 0.0615. The molecule has 0 spiro atoms. The molecular formula is C17H21N3O5. The first-order chi connectivity index (χ1) is 12.0. The van der Waals surface area contributed by atoms with Crippen molar-refractivity contribution in [2.45, 2.75) is 19.9 Å². The Bertz CT molecular complexity index is 754. The van der Waals surface area contributed by atoms with Crippen LogP contribution in [0, 0.1) is 0 Å². The van der Waals surface area contributed by atoms with Crippen LogP contribution in [0.3, 0.4) is 0 Å². The van der Waals surface area contributed by atoms with Gasteiger partial charge in [0.25, 0.3) is 5.91 Å². The maximum absolute atomic E-state index is 12.2. The number of nitrogens with one attached hydrogen (secondary N) is 1. The van der Waals surface area contributed by atoms with Crippen molar-refractivity contribution in [1.29, 1.82) is 0 Å². The number of nitrogens with zero attached hydrogens (tertiary/aromatic N) is 2. The molecule has 1 N–H and O–H groups in total. The molecule has 25 heavy (non-hydrogen) atoms. The van der Waals surface area contributed by atoms with E-state index in [4.69, 9.17) is 14.2 Å². The fourth-order valence-corrected chi connectivity index (χ4v) is 2.26. The summed E-state index contributed by atoms with van der Waals surface area (Å²) in [6.07, 6.45) is 1.59. The lowest BCUT2D eigenvalue weighted by Crippen LogP contribution is -2.23. The molecule has 8 nitrogen and oxygen atoms in total. The molecule has 1 aromatic heterocycles. The van der Waals surface area contributed by atoms with E-state index in [2.05, 4.69) is 10.4 Å². The molecule has 0 atom stereocenters. The summed E-state index contributed by atoms with van der Waals surface area (Å²) in [6, 6.07) is 6.60. The molecule has 2 rings (SSSR count). The maximum atomic E-state index is 12.2. The third-order valence-electron chi connectivity index (χ3n) is 3.38. The van der Waals surface area contributed by atoms with Gasteiger partial charge in [0, 0.05) is 12.1 Å². The predicted octanol–water partition coefficient (Wildman–Crippen LogP) is 2.28. The fourth-order valence-electron chi connectivity index (χ4n) is 2.26. The minimum absolute atomic E-state index is 0.0916. The van der Waals surface area contributed by atoms with Gasteiger partial charge in [-0.15, -0.1) is 0 Å². The van der Waals surface area contributed by atoms with Gasteiger partial charge in [-0.05, 0) is 26.0 Å². The molecule has 134 valence electrons. The van der Waals surface area contributed by atoms with Crippen LogP contribution in [0.15, 0.2) is 30.5 Å². The monoisotopic (exact) mass is 347 g/mol. The van der Waals surface area contributed by atoms with Crippen LogP contribution >= 0.6 is 0 Å². The highest BCUT2D eigenvalue weighted by atomic mass is 16.5. The molecule has 0 fully saturated rings. The van der Waals surface area contributed by atoms with Gasteiger partial charge in [0.05, 0.1) is 20.4 Å². The molecular weight excluding hydrogens is 326 g/mol. The van der Waals surface area contributed by atoms with E-state index in [9.17, 15) is 9.59 Å². The van der Waals surface area contributed by atoms with Gasteiger partial charge in [-0.2, -0.15) is 5.10 Å². The molecule has 1 aromatic carbocycles. The second-order valence-corrected chi connectivity index (χ2v) is 5.42. The number of methoxy groups -OCH3 is 2. The van der Waals surface area contributed by atoms with Gasteiger partial charge in [-0.25, -0.2) is 9.48 Å². The summed E-state index contributed by atoms with van der Waals surface area (Å²) in [5, 5.41) is 6.78. The van der Waals surface area contributed by atoms with Crippen molar-refractivity contribution in [2.75, 3.05) is 26.1 Å². The zero-order valence-electron chi connectivity index (χ0n) is 14.6. The number of anilines is 1. The first-order valence-electron chi connectivity index (χ1n) is 7.69. The Morgan fingerprint density at radius 1 is 1.20 bits per heavy atom. The second kappa shape index (κ2) is 8.18. The third-order valence-corrected chi connectivity index (χ3v) is 3.38. The molecule has 0 aliphatic heterocycles. The Morgan fingerprint density at radius 3 is 2.60 bits per heavy atom. The molecule has 0 unspecified atom stereocenters. The van der Waals surface area contributed by atoms with Gasteiger partial charge in [0.1, 0.15) is 11.4 Å². The standard InChI is InChI=1S/C17H21N3O5/c1-11(2)20-14(8-9-18-20)19-15(21)10-25-17(22)12-6-5-7-13(23-3)16(12)24-4/h5-9,11H,10H2,1-4H3,(H,19,21).